The van der Waals surface area contributed by atoms with E-state index in [2.05, 4.69) is 5.32 Å². The van der Waals surface area contributed by atoms with Crippen LogP contribution in [0, 0.1) is 5.82 Å². The zero-order valence-electron chi connectivity index (χ0n) is 16.8. The Morgan fingerprint density at radius 1 is 1.19 bits per heavy atom. The Hall–Kier alpha value is -3.17. The number of hydrogen-bond acceptors (Lipinski definition) is 6. The van der Waals surface area contributed by atoms with Gasteiger partial charge in [-0.25, -0.2) is 4.39 Å². The molecule has 3 amide bonds. The van der Waals surface area contributed by atoms with Gasteiger partial charge in [0.2, 0.25) is 5.91 Å². The zero-order chi connectivity index (χ0) is 22.2. The largest absolute Gasteiger partial charge is 0.488 e. The first-order valence-corrected chi connectivity index (χ1v) is 10.3. The molecular formula is C22H21FN2O5S. The van der Waals surface area contributed by atoms with E-state index >= 15 is 0 Å². The van der Waals surface area contributed by atoms with Crippen LogP contribution in [0.3, 0.4) is 0 Å². The molecule has 1 aliphatic rings. The number of nitrogens with zero attached hydrogens (tertiary/aromatic N) is 1. The molecule has 7 nitrogen and oxygen atoms in total. The van der Waals surface area contributed by atoms with Crippen LogP contribution in [0.5, 0.6) is 5.75 Å². The molecule has 0 radical (unpaired) electrons. The van der Waals surface area contributed by atoms with Crippen LogP contribution >= 0.6 is 11.8 Å². The van der Waals surface area contributed by atoms with Gasteiger partial charge in [-0.3, -0.25) is 19.3 Å². The summed E-state index contributed by atoms with van der Waals surface area (Å²) in [6.45, 7) is 0.409. The lowest BCUT2D eigenvalue weighted by Gasteiger charge is -2.12. The SMILES string of the molecule is COCCNC(=O)CN1C(=O)S/C(=C\c2ccccc2OCc2cccc(F)c2)C1=O. The normalized spacial score (nSPS) is 14.9. The van der Waals surface area contributed by atoms with Gasteiger partial charge in [0.25, 0.3) is 11.1 Å². The molecule has 3 rings (SSSR count). The number of methoxy groups -OCH3 is 1. The second-order valence-corrected chi connectivity index (χ2v) is 7.56. The van der Waals surface area contributed by atoms with E-state index in [1.165, 1.54) is 19.2 Å². The number of halogens is 1. The minimum atomic E-state index is -0.545. The number of ether oxygens (including phenoxy) is 2. The number of rotatable bonds is 9. The summed E-state index contributed by atoms with van der Waals surface area (Å²) in [4.78, 5) is 37.9. The second kappa shape index (κ2) is 10.7. The third-order valence-corrected chi connectivity index (χ3v) is 5.20. The van der Waals surface area contributed by atoms with Crippen LogP contribution < -0.4 is 10.1 Å². The van der Waals surface area contributed by atoms with Crippen LogP contribution in [-0.2, 0) is 20.9 Å². The van der Waals surface area contributed by atoms with Gasteiger partial charge in [-0.05, 0) is 41.6 Å². The summed E-state index contributed by atoms with van der Waals surface area (Å²) < 4.78 is 24.0. The van der Waals surface area contributed by atoms with Gasteiger partial charge in [0, 0.05) is 19.2 Å². The molecule has 1 N–H and O–H groups in total. The Kier molecular flexibility index (Phi) is 7.80. The number of nitrogens with one attached hydrogen (secondary N) is 1. The van der Waals surface area contributed by atoms with Gasteiger partial charge in [0.05, 0.1) is 11.5 Å². The summed E-state index contributed by atoms with van der Waals surface area (Å²) in [7, 11) is 1.51. The Bertz CT molecular complexity index is 1010. The molecule has 31 heavy (non-hydrogen) atoms. The Balaban J connectivity index is 1.69. The fourth-order valence-electron chi connectivity index (χ4n) is 2.79. The standard InChI is InChI=1S/C22H21FN2O5S/c1-29-10-9-24-20(26)13-25-21(27)19(31-22(25)28)12-16-6-2-3-8-18(16)30-14-15-5-4-7-17(23)11-15/h2-8,11-12H,9-10,13-14H2,1H3,(H,24,26)/b19-12-. The summed E-state index contributed by atoms with van der Waals surface area (Å²) in [5.41, 5.74) is 1.25. The maximum atomic E-state index is 13.4. The topological polar surface area (TPSA) is 84.9 Å². The van der Waals surface area contributed by atoms with E-state index in [1.807, 2.05) is 0 Å². The average Bonchev–Trinajstić information content (AvgIpc) is 3.01. The highest BCUT2D eigenvalue weighted by atomic mass is 32.2. The summed E-state index contributed by atoms with van der Waals surface area (Å²) in [5, 5.41) is 2.06. The van der Waals surface area contributed by atoms with Gasteiger partial charge in [-0.15, -0.1) is 0 Å². The van der Waals surface area contributed by atoms with E-state index in [0.717, 1.165) is 16.7 Å². The second-order valence-electron chi connectivity index (χ2n) is 6.57. The molecule has 0 aliphatic carbocycles. The fourth-order valence-corrected chi connectivity index (χ4v) is 3.62. The van der Waals surface area contributed by atoms with E-state index in [1.54, 1.807) is 42.5 Å². The molecule has 0 unspecified atom stereocenters. The molecular weight excluding hydrogens is 423 g/mol. The Morgan fingerprint density at radius 2 is 2.00 bits per heavy atom. The van der Waals surface area contributed by atoms with Crippen molar-refractivity contribution in [1.29, 1.82) is 0 Å². The summed E-state index contributed by atoms with van der Waals surface area (Å²) in [6.07, 6.45) is 1.55. The van der Waals surface area contributed by atoms with Crippen molar-refractivity contribution in [3.8, 4) is 5.75 Å². The third-order valence-electron chi connectivity index (χ3n) is 4.29. The number of thioether (sulfide) groups is 1. The predicted molar refractivity (Wildman–Crippen MR) is 115 cm³/mol. The number of carbonyl (C=O) groups is 3. The van der Waals surface area contributed by atoms with Crippen molar-refractivity contribution >= 4 is 34.9 Å². The first-order valence-electron chi connectivity index (χ1n) is 9.45. The molecule has 1 heterocycles. The highest BCUT2D eigenvalue weighted by Gasteiger charge is 2.36. The number of hydrogen-bond donors (Lipinski definition) is 1. The highest BCUT2D eigenvalue weighted by molar-refractivity contribution is 8.18. The number of imide groups is 1. The zero-order valence-corrected chi connectivity index (χ0v) is 17.6. The smallest absolute Gasteiger partial charge is 0.294 e. The Morgan fingerprint density at radius 3 is 2.77 bits per heavy atom. The molecule has 1 fully saturated rings. The lowest BCUT2D eigenvalue weighted by atomic mass is 10.1. The molecule has 0 bridgehead atoms. The maximum absolute atomic E-state index is 13.4. The summed E-state index contributed by atoms with van der Waals surface area (Å²) in [5.74, 6) is -0.860. The molecule has 2 aromatic rings. The van der Waals surface area contributed by atoms with Crippen molar-refractivity contribution in [3.05, 3.63) is 70.4 Å². The molecule has 1 aliphatic heterocycles. The van der Waals surface area contributed by atoms with Crippen LogP contribution in [0.1, 0.15) is 11.1 Å². The fraction of sp³-hybridized carbons (Fsp3) is 0.227. The van der Waals surface area contributed by atoms with Crippen molar-refractivity contribution in [2.24, 2.45) is 0 Å². The minimum Gasteiger partial charge on any atom is -0.488 e. The summed E-state index contributed by atoms with van der Waals surface area (Å²) in [6, 6.07) is 13.1. The number of amides is 3. The van der Waals surface area contributed by atoms with Crippen molar-refractivity contribution < 1.29 is 28.2 Å². The molecule has 0 atom stereocenters. The average molecular weight is 444 g/mol. The van der Waals surface area contributed by atoms with Crippen molar-refractivity contribution in [3.63, 3.8) is 0 Å². The van der Waals surface area contributed by atoms with E-state index in [4.69, 9.17) is 9.47 Å². The molecule has 0 saturated carbocycles. The highest BCUT2D eigenvalue weighted by Crippen LogP contribution is 2.34. The molecule has 0 spiro atoms. The number of benzene rings is 2. The van der Waals surface area contributed by atoms with Gasteiger partial charge in [0.15, 0.2) is 0 Å². The monoisotopic (exact) mass is 444 g/mol. The first-order chi connectivity index (χ1) is 15.0. The van der Waals surface area contributed by atoms with Gasteiger partial charge in [-0.1, -0.05) is 30.3 Å². The van der Waals surface area contributed by atoms with Crippen LogP contribution in [0.25, 0.3) is 6.08 Å². The van der Waals surface area contributed by atoms with Crippen LogP contribution in [-0.4, -0.2) is 48.8 Å². The van der Waals surface area contributed by atoms with Crippen molar-refractivity contribution in [2.45, 2.75) is 6.61 Å². The van der Waals surface area contributed by atoms with E-state index < -0.39 is 17.1 Å². The maximum Gasteiger partial charge on any atom is 0.294 e. The quantitative estimate of drug-likeness (QED) is 0.472. The molecule has 162 valence electrons. The first kappa shape index (κ1) is 22.5. The van der Waals surface area contributed by atoms with Gasteiger partial charge < -0.3 is 14.8 Å². The molecule has 2 aromatic carbocycles. The Labute approximate surface area is 183 Å². The lowest BCUT2D eigenvalue weighted by Crippen LogP contribution is -2.40. The van der Waals surface area contributed by atoms with Crippen molar-refractivity contribution in [1.82, 2.24) is 10.2 Å². The van der Waals surface area contributed by atoms with Crippen LogP contribution in [0.15, 0.2) is 53.4 Å². The van der Waals surface area contributed by atoms with E-state index in [0.29, 0.717) is 23.5 Å². The predicted octanol–water partition coefficient (Wildman–Crippen LogP) is 3.20. The van der Waals surface area contributed by atoms with Gasteiger partial charge >= 0.3 is 0 Å². The number of carbonyl (C=O) groups excluding carboxylic acids is 3. The van der Waals surface area contributed by atoms with Crippen LogP contribution in [0.4, 0.5) is 9.18 Å². The van der Waals surface area contributed by atoms with Crippen LogP contribution in [0.2, 0.25) is 0 Å². The molecule has 1 saturated heterocycles. The minimum absolute atomic E-state index is 0.145. The van der Waals surface area contributed by atoms with Gasteiger partial charge in [0.1, 0.15) is 24.7 Å². The third kappa shape index (κ3) is 6.16. The number of para-hydroxylation sites is 1. The van der Waals surface area contributed by atoms with Gasteiger partial charge in [-0.2, -0.15) is 0 Å². The van der Waals surface area contributed by atoms with Crippen molar-refractivity contribution in [2.75, 3.05) is 26.8 Å². The van der Waals surface area contributed by atoms with E-state index in [9.17, 15) is 18.8 Å². The molecule has 9 heteroatoms. The molecule has 0 aromatic heterocycles. The van der Waals surface area contributed by atoms with E-state index in [-0.39, 0.29) is 30.4 Å². The lowest BCUT2D eigenvalue weighted by molar-refractivity contribution is -0.129. The summed E-state index contributed by atoms with van der Waals surface area (Å²) >= 11 is 0.761.